The van der Waals surface area contributed by atoms with E-state index >= 15 is 0 Å². The predicted molar refractivity (Wildman–Crippen MR) is 69.3 cm³/mol. The lowest BCUT2D eigenvalue weighted by molar-refractivity contribution is 0.559. The Kier molecular flexibility index (Phi) is 2.77. The van der Waals surface area contributed by atoms with Crippen molar-refractivity contribution >= 4 is 17.3 Å². The van der Waals surface area contributed by atoms with Crippen LogP contribution in [0.15, 0.2) is 36.7 Å². The number of halogens is 1. The molecule has 0 saturated heterocycles. The maximum Gasteiger partial charge on any atom is 0.128 e. The molecule has 17 heavy (non-hydrogen) atoms. The Labute approximate surface area is 106 Å². The van der Waals surface area contributed by atoms with Crippen molar-refractivity contribution in [3.63, 3.8) is 0 Å². The minimum atomic E-state index is 0.557. The molecule has 0 spiro atoms. The number of hydrogen-bond donors (Lipinski definition) is 0. The van der Waals surface area contributed by atoms with E-state index in [1.807, 2.05) is 18.5 Å². The predicted octanol–water partition coefficient (Wildman–Crippen LogP) is 2.64. The van der Waals surface area contributed by atoms with Crippen LogP contribution in [-0.4, -0.2) is 16.1 Å². The molecule has 0 fully saturated rings. The number of benzene rings is 1. The summed E-state index contributed by atoms with van der Waals surface area (Å²) in [6.45, 7) is 2.87. The first-order chi connectivity index (χ1) is 8.38. The van der Waals surface area contributed by atoms with Gasteiger partial charge in [-0.25, -0.2) is 4.98 Å². The third-order valence-electron chi connectivity index (χ3n) is 3.22. The molecule has 0 saturated carbocycles. The fraction of sp³-hybridized carbons (Fsp3) is 0.308. The van der Waals surface area contributed by atoms with Gasteiger partial charge in [0.1, 0.15) is 5.82 Å². The van der Waals surface area contributed by atoms with E-state index < -0.39 is 0 Å². The van der Waals surface area contributed by atoms with Gasteiger partial charge >= 0.3 is 0 Å². The summed E-state index contributed by atoms with van der Waals surface area (Å²) in [4.78, 5) is 6.72. The molecule has 4 heteroatoms. The van der Waals surface area contributed by atoms with E-state index in [0.29, 0.717) is 5.88 Å². The summed E-state index contributed by atoms with van der Waals surface area (Å²) in [7, 11) is 0. The third-order valence-corrected chi connectivity index (χ3v) is 3.51. The molecule has 1 aromatic heterocycles. The molecular formula is C13H14ClN3. The molecule has 0 aliphatic carbocycles. The van der Waals surface area contributed by atoms with E-state index in [1.54, 1.807) is 0 Å². The van der Waals surface area contributed by atoms with Crippen LogP contribution in [0.2, 0.25) is 0 Å². The smallest absolute Gasteiger partial charge is 0.128 e. The molecular weight excluding hydrogens is 234 g/mol. The lowest BCUT2D eigenvalue weighted by Crippen LogP contribution is -2.34. The van der Waals surface area contributed by atoms with E-state index in [-0.39, 0.29) is 0 Å². The number of rotatable bonds is 2. The summed E-state index contributed by atoms with van der Waals surface area (Å²) in [5, 5.41) is 0. The second kappa shape index (κ2) is 4.41. The van der Waals surface area contributed by atoms with Gasteiger partial charge in [0.15, 0.2) is 0 Å². The first-order valence-corrected chi connectivity index (χ1v) is 6.31. The number of aromatic nitrogens is 2. The molecule has 1 aromatic carbocycles. The van der Waals surface area contributed by atoms with Gasteiger partial charge < -0.3 is 9.47 Å². The average molecular weight is 248 g/mol. The van der Waals surface area contributed by atoms with E-state index in [0.717, 1.165) is 25.5 Å². The molecule has 3 nitrogen and oxygen atoms in total. The highest BCUT2D eigenvalue weighted by atomic mass is 35.5. The lowest BCUT2D eigenvalue weighted by Gasteiger charge is -2.30. The second-order valence-corrected chi connectivity index (χ2v) is 4.49. The van der Waals surface area contributed by atoms with Crippen molar-refractivity contribution in [1.82, 2.24) is 9.55 Å². The minimum Gasteiger partial charge on any atom is -0.362 e. The fourth-order valence-corrected chi connectivity index (χ4v) is 2.54. The zero-order valence-electron chi connectivity index (χ0n) is 9.51. The Morgan fingerprint density at radius 2 is 2.12 bits per heavy atom. The monoisotopic (exact) mass is 247 g/mol. The molecule has 3 rings (SSSR count). The van der Waals surface area contributed by atoms with Gasteiger partial charge in [-0.05, 0) is 11.6 Å². The van der Waals surface area contributed by atoms with Gasteiger partial charge in [-0.15, -0.1) is 11.6 Å². The van der Waals surface area contributed by atoms with Gasteiger partial charge in [-0.1, -0.05) is 18.2 Å². The third kappa shape index (κ3) is 1.91. The Balaban J connectivity index is 1.91. The highest BCUT2D eigenvalue weighted by Gasteiger charge is 2.18. The van der Waals surface area contributed by atoms with Gasteiger partial charge in [0.25, 0.3) is 0 Å². The Hall–Kier alpha value is -1.48. The molecule has 88 valence electrons. The van der Waals surface area contributed by atoms with Crippen LogP contribution in [0, 0.1) is 0 Å². The first-order valence-electron chi connectivity index (χ1n) is 5.77. The normalized spacial score (nSPS) is 14.8. The number of imidazole rings is 1. The van der Waals surface area contributed by atoms with Gasteiger partial charge in [0.2, 0.25) is 0 Å². The van der Waals surface area contributed by atoms with Crippen LogP contribution in [0.25, 0.3) is 0 Å². The van der Waals surface area contributed by atoms with E-state index in [1.165, 1.54) is 11.3 Å². The largest absolute Gasteiger partial charge is 0.362 e. The summed E-state index contributed by atoms with van der Waals surface area (Å²) in [6, 6.07) is 8.32. The number of hydrogen-bond acceptors (Lipinski definition) is 2. The van der Waals surface area contributed by atoms with Crippen molar-refractivity contribution in [3.8, 4) is 0 Å². The molecule has 0 atom stereocenters. The van der Waals surface area contributed by atoms with Gasteiger partial charge in [0, 0.05) is 37.1 Å². The Morgan fingerprint density at radius 3 is 3.00 bits per heavy atom. The van der Waals surface area contributed by atoms with Crippen LogP contribution in [0.3, 0.4) is 0 Å². The summed E-state index contributed by atoms with van der Waals surface area (Å²) in [5.41, 5.74) is 2.42. The highest BCUT2D eigenvalue weighted by Crippen LogP contribution is 2.25. The highest BCUT2D eigenvalue weighted by molar-refractivity contribution is 6.17. The molecule has 0 bridgehead atoms. The van der Waals surface area contributed by atoms with Crippen molar-refractivity contribution < 1.29 is 0 Å². The SMILES string of the molecule is ClCc1ccccc1N1CCn2ccnc2C1. The maximum atomic E-state index is 5.98. The van der Waals surface area contributed by atoms with Crippen LogP contribution in [0.1, 0.15) is 11.4 Å². The second-order valence-electron chi connectivity index (χ2n) is 4.22. The number of nitrogens with zero attached hydrogens (tertiary/aromatic N) is 3. The zero-order chi connectivity index (χ0) is 11.7. The van der Waals surface area contributed by atoms with Gasteiger partial charge in [-0.3, -0.25) is 0 Å². The van der Waals surface area contributed by atoms with Crippen molar-refractivity contribution in [3.05, 3.63) is 48.0 Å². The van der Waals surface area contributed by atoms with Crippen LogP contribution in [0.4, 0.5) is 5.69 Å². The Morgan fingerprint density at radius 1 is 1.24 bits per heavy atom. The molecule has 0 radical (unpaired) electrons. The molecule has 0 unspecified atom stereocenters. The van der Waals surface area contributed by atoms with Crippen LogP contribution in [-0.2, 0) is 19.0 Å². The molecule has 0 N–H and O–H groups in total. The first kappa shape index (κ1) is 10.7. The molecule has 1 aliphatic heterocycles. The van der Waals surface area contributed by atoms with Gasteiger partial charge in [0.05, 0.1) is 6.54 Å². The molecule has 1 aliphatic rings. The van der Waals surface area contributed by atoms with E-state index in [4.69, 9.17) is 11.6 Å². The summed E-state index contributed by atoms with van der Waals surface area (Å²) < 4.78 is 2.21. The van der Waals surface area contributed by atoms with Crippen molar-refractivity contribution in [2.24, 2.45) is 0 Å². The standard InChI is InChI=1S/C13H14ClN3/c14-9-11-3-1-2-4-12(11)17-8-7-16-6-5-15-13(16)10-17/h1-6H,7-10H2. The molecule has 0 amide bonds. The van der Waals surface area contributed by atoms with Crippen LogP contribution < -0.4 is 4.90 Å². The minimum absolute atomic E-state index is 0.557. The number of fused-ring (bicyclic) bond motifs is 1. The quantitative estimate of drug-likeness (QED) is 0.761. The number of para-hydroxylation sites is 1. The summed E-state index contributed by atoms with van der Waals surface area (Å²) >= 11 is 5.98. The zero-order valence-corrected chi connectivity index (χ0v) is 10.3. The lowest BCUT2D eigenvalue weighted by atomic mass is 10.1. The van der Waals surface area contributed by atoms with Crippen LogP contribution in [0.5, 0.6) is 0 Å². The Bertz CT molecular complexity index is 521. The van der Waals surface area contributed by atoms with E-state index in [9.17, 15) is 0 Å². The van der Waals surface area contributed by atoms with Crippen molar-refractivity contribution in [2.45, 2.75) is 19.0 Å². The van der Waals surface area contributed by atoms with Crippen LogP contribution >= 0.6 is 11.6 Å². The fourth-order valence-electron chi connectivity index (χ4n) is 2.31. The number of anilines is 1. The molecule has 2 heterocycles. The summed E-state index contributed by atoms with van der Waals surface area (Å²) in [6.07, 6.45) is 3.91. The molecule has 2 aromatic rings. The average Bonchev–Trinajstić information content (AvgIpc) is 2.85. The number of alkyl halides is 1. The van der Waals surface area contributed by atoms with Crippen molar-refractivity contribution in [2.75, 3.05) is 11.4 Å². The summed E-state index contributed by atoms with van der Waals surface area (Å²) in [5.74, 6) is 1.68. The van der Waals surface area contributed by atoms with E-state index in [2.05, 4.69) is 32.7 Å². The van der Waals surface area contributed by atoms with Crippen molar-refractivity contribution in [1.29, 1.82) is 0 Å². The van der Waals surface area contributed by atoms with Gasteiger partial charge in [-0.2, -0.15) is 0 Å². The maximum absolute atomic E-state index is 5.98. The topological polar surface area (TPSA) is 21.1 Å².